The van der Waals surface area contributed by atoms with Crippen molar-refractivity contribution in [1.82, 2.24) is 5.32 Å². The smallest absolute Gasteiger partial charge is 0.117 e. The van der Waals surface area contributed by atoms with Gasteiger partial charge in [-0.25, -0.2) is 0 Å². The Morgan fingerprint density at radius 1 is 1.41 bits per heavy atom. The normalized spacial score (nSPS) is 25.1. The van der Waals surface area contributed by atoms with Crippen molar-refractivity contribution in [3.05, 3.63) is 23.7 Å². The molecule has 0 radical (unpaired) electrons. The molecule has 0 saturated carbocycles. The van der Waals surface area contributed by atoms with Crippen molar-refractivity contribution < 1.29 is 9.15 Å². The Kier molecular flexibility index (Phi) is 4.63. The van der Waals surface area contributed by atoms with E-state index in [4.69, 9.17) is 9.15 Å². The number of ether oxygens (including phenoxy) is 1. The van der Waals surface area contributed by atoms with Gasteiger partial charge in [-0.15, -0.1) is 0 Å². The van der Waals surface area contributed by atoms with Gasteiger partial charge < -0.3 is 14.5 Å². The van der Waals surface area contributed by atoms with E-state index >= 15 is 0 Å². The van der Waals surface area contributed by atoms with Crippen LogP contribution in [0.25, 0.3) is 0 Å². The summed E-state index contributed by atoms with van der Waals surface area (Å²) in [4.78, 5) is 0. The molecule has 1 aromatic rings. The molecule has 0 bridgehead atoms. The Morgan fingerprint density at radius 3 is 3.00 bits per heavy atom. The second-order valence-corrected chi connectivity index (χ2v) is 4.90. The van der Waals surface area contributed by atoms with Gasteiger partial charge in [-0.1, -0.05) is 13.3 Å². The molecular formula is C14H23NO2. The van der Waals surface area contributed by atoms with E-state index in [2.05, 4.69) is 12.2 Å². The molecule has 0 spiro atoms. The standard InChI is InChI=1S/C14H23NO2/c1-3-4-13-9-12(7-8-16-13)15-10-14-6-5-11(2)17-14/h5-6,12-13,15H,3-4,7-10H2,1-2H3. The predicted octanol–water partition coefficient (Wildman–Crippen LogP) is 3.03. The van der Waals surface area contributed by atoms with Gasteiger partial charge in [-0.3, -0.25) is 0 Å². The van der Waals surface area contributed by atoms with Crippen LogP contribution in [0, 0.1) is 6.92 Å². The Labute approximate surface area is 104 Å². The lowest BCUT2D eigenvalue weighted by Gasteiger charge is -2.30. The number of furan rings is 1. The van der Waals surface area contributed by atoms with E-state index in [9.17, 15) is 0 Å². The lowest BCUT2D eigenvalue weighted by Crippen LogP contribution is -2.38. The van der Waals surface area contributed by atoms with Gasteiger partial charge in [0.2, 0.25) is 0 Å². The van der Waals surface area contributed by atoms with Crippen LogP contribution >= 0.6 is 0 Å². The average molecular weight is 237 g/mol. The van der Waals surface area contributed by atoms with E-state index in [0.717, 1.165) is 37.5 Å². The highest BCUT2D eigenvalue weighted by Crippen LogP contribution is 2.18. The lowest BCUT2D eigenvalue weighted by molar-refractivity contribution is -0.00369. The summed E-state index contributed by atoms with van der Waals surface area (Å²) < 4.78 is 11.3. The molecule has 2 rings (SSSR count). The van der Waals surface area contributed by atoms with E-state index < -0.39 is 0 Å². The van der Waals surface area contributed by atoms with Crippen molar-refractivity contribution in [2.24, 2.45) is 0 Å². The van der Waals surface area contributed by atoms with E-state index in [0.29, 0.717) is 12.1 Å². The number of rotatable bonds is 5. The predicted molar refractivity (Wildman–Crippen MR) is 68.0 cm³/mol. The fourth-order valence-electron chi connectivity index (χ4n) is 2.41. The van der Waals surface area contributed by atoms with Crippen LogP contribution in [0.1, 0.15) is 44.1 Å². The van der Waals surface area contributed by atoms with Crippen molar-refractivity contribution in [2.45, 2.75) is 58.2 Å². The summed E-state index contributed by atoms with van der Waals surface area (Å²) in [6.45, 7) is 5.91. The zero-order valence-electron chi connectivity index (χ0n) is 10.9. The minimum absolute atomic E-state index is 0.449. The van der Waals surface area contributed by atoms with E-state index in [1.807, 2.05) is 19.1 Å². The SMILES string of the molecule is CCCC1CC(NCc2ccc(C)o2)CCO1. The zero-order valence-corrected chi connectivity index (χ0v) is 10.9. The summed E-state index contributed by atoms with van der Waals surface area (Å²) in [5.41, 5.74) is 0. The molecule has 1 aromatic heterocycles. The minimum atomic E-state index is 0.449. The number of nitrogens with one attached hydrogen (secondary N) is 1. The van der Waals surface area contributed by atoms with Crippen molar-refractivity contribution in [3.8, 4) is 0 Å². The lowest BCUT2D eigenvalue weighted by atomic mass is 10.00. The first-order valence-corrected chi connectivity index (χ1v) is 6.68. The first kappa shape index (κ1) is 12.7. The summed E-state index contributed by atoms with van der Waals surface area (Å²) in [7, 11) is 0. The summed E-state index contributed by atoms with van der Waals surface area (Å²) in [5, 5.41) is 3.57. The van der Waals surface area contributed by atoms with Crippen LogP contribution in [0.2, 0.25) is 0 Å². The Morgan fingerprint density at radius 2 is 2.29 bits per heavy atom. The highest BCUT2D eigenvalue weighted by atomic mass is 16.5. The van der Waals surface area contributed by atoms with E-state index in [1.54, 1.807) is 0 Å². The van der Waals surface area contributed by atoms with Crippen LogP contribution in [0.5, 0.6) is 0 Å². The molecule has 3 heteroatoms. The maximum Gasteiger partial charge on any atom is 0.117 e. The van der Waals surface area contributed by atoms with E-state index in [-0.39, 0.29) is 0 Å². The Balaban J connectivity index is 1.75. The van der Waals surface area contributed by atoms with Crippen molar-refractivity contribution in [2.75, 3.05) is 6.61 Å². The monoisotopic (exact) mass is 237 g/mol. The van der Waals surface area contributed by atoms with Crippen LogP contribution in [-0.2, 0) is 11.3 Å². The molecule has 1 fully saturated rings. The molecule has 1 aliphatic rings. The molecule has 1 N–H and O–H groups in total. The molecule has 17 heavy (non-hydrogen) atoms. The fraction of sp³-hybridized carbons (Fsp3) is 0.714. The Hall–Kier alpha value is -0.800. The van der Waals surface area contributed by atoms with Gasteiger partial charge in [0, 0.05) is 12.6 Å². The summed E-state index contributed by atoms with van der Waals surface area (Å²) in [5.74, 6) is 2.01. The molecule has 1 aliphatic heterocycles. The van der Waals surface area contributed by atoms with Crippen molar-refractivity contribution in [3.63, 3.8) is 0 Å². The Bertz CT molecular complexity index is 333. The quantitative estimate of drug-likeness (QED) is 0.854. The molecule has 2 heterocycles. The van der Waals surface area contributed by atoms with Gasteiger partial charge in [-0.2, -0.15) is 0 Å². The largest absolute Gasteiger partial charge is 0.465 e. The minimum Gasteiger partial charge on any atom is -0.465 e. The average Bonchev–Trinajstić information content (AvgIpc) is 2.74. The maximum absolute atomic E-state index is 5.74. The molecular weight excluding hydrogens is 214 g/mol. The zero-order chi connectivity index (χ0) is 12.1. The molecule has 1 saturated heterocycles. The van der Waals surface area contributed by atoms with Gasteiger partial charge in [-0.05, 0) is 38.3 Å². The number of aryl methyl sites for hydroxylation is 1. The third-order valence-corrected chi connectivity index (χ3v) is 3.34. The molecule has 96 valence electrons. The maximum atomic E-state index is 5.74. The van der Waals surface area contributed by atoms with Crippen molar-refractivity contribution >= 4 is 0 Å². The van der Waals surface area contributed by atoms with E-state index in [1.165, 1.54) is 12.8 Å². The second kappa shape index (κ2) is 6.22. The van der Waals surface area contributed by atoms with Gasteiger partial charge in [0.25, 0.3) is 0 Å². The van der Waals surface area contributed by atoms with Gasteiger partial charge in [0.05, 0.1) is 12.6 Å². The van der Waals surface area contributed by atoms with Crippen LogP contribution in [0.4, 0.5) is 0 Å². The van der Waals surface area contributed by atoms with Crippen LogP contribution in [0.15, 0.2) is 16.5 Å². The number of hydrogen-bond acceptors (Lipinski definition) is 3. The molecule has 3 nitrogen and oxygen atoms in total. The molecule has 2 atom stereocenters. The molecule has 0 aromatic carbocycles. The van der Waals surface area contributed by atoms with Crippen molar-refractivity contribution in [1.29, 1.82) is 0 Å². The highest BCUT2D eigenvalue weighted by molar-refractivity contribution is 5.05. The third-order valence-electron chi connectivity index (χ3n) is 3.34. The topological polar surface area (TPSA) is 34.4 Å². The first-order chi connectivity index (χ1) is 8.28. The van der Waals surface area contributed by atoms with Crippen LogP contribution < -0.4 is 5.32 Å². The van der Waals surface area contributed by atoms with Crippen LogP contribution in [0.3, 0.4) is 0 Å². The van der Waals surface area contributed by atoms with Gasteiger partial charge in [0.15, 0.2) is 0 Å². The van der Waals surface area contributed by atoms with Gasteiger partial charge >= 0.3 is 0 Å². The summed E-state index contributed by atoms with van der Waals surface area (Å²) in [6.07, 6.45) is 5.07. The summed E-state index contributed by atoms with van der Waals surface area (Å²) >= 11 is 0. The third kappa shape index (κ3) is 3.86. The van der Waals surface area contributed by atoms with Gasteiger partial charge in [0.1, 0.15) is 11.5 Å². The summed E-state index contributed by atoms with van der Waals surface area (Å²) in [6, 6.07) is 4.64. The second-order valence-electron chi connectivity index (χ2n) is 4.90. The highest BCUT2D eigenvalue weighted by Gasteiger charge is 2.21. The van der Waals surface area contributed by atoms with Crippen LogP contribution in [-0.4, -0.2) is 18.8 Å². The first-order valence-electron chi connectivity index (χ1n) is 6.68. The molecule has 2 unspecified atom stereocenters. The number of hydrogen-bond donors (Lipinski definition) is 1. The fourth-order valence-corrected chi connectivity index (χ4v) is 2.41. The molecule has 0 aliphatic carbocycles. The molecule has 0 amide bonds.